The maximum atomic E-state index is 11.9. The Morgan fingerprint density at radius 3 is 2.64 bits per heavy atom. The molecule has 1 aliphatic carbocycles. The van der Waals surface area contributed by atoms with Crippen molar-refractivity contribution in [3.63, 3.8) is 0 Å². The van der Waals surface area contributed by atoms with Gasteiger partial charge in [0.15, 0.2) is 0 Å². The summed E-state index contributed by atoms with van der Waals surface area (Å²) in [4.78, 5) is 23.4. The summed E-state index contributed by atoms with van der Waals surface area (Å²) in [5, 5.41) is 5.47. The van der Waals surface area contributed by atoms with Crippen molar-refractivity contribution in [2.75, 3.05) is 6.54 Å². The van der Waals surface area contributed by atoms with Crippen molar-refractivity contribution in [1.82, 2.24) is 10.6 Å². The third kappa shape index (κ3) is 5.39. The molecule has 1 fully saturated rings. The van der Waals surface area contributed by atoms with Crippen LogP contribution in [0.3, 0.4) is 0 Å². The van der Waals surface area contributed by atoms with Gasteiger partial charge in [0.05, 0.1) is 0 Å². The lowest BCUT2D eigenvalue weighted by Gasteiger charge is -2.29. The van der Waals surface area contributed by atoms with E-state index in [0.29, 0.717) is 5.92 Å². The van der Waals surface area contributed by atoms with Crippen molar-refractivity contribution < 1.29 is 14.3 Å². The van der Waals surface area contributed by atoms with Crippen LogP contribution < -0.4 is 10.6 Å². The van der Waals surface area contributed by atoms with E-state index in [9.17, 15) is 9.59 Å². The lowest BCUT2D eigenvalue weighted by molar-refractivity contribution is -0.121. The molecule has 2 N–H and O–H groups in total. The number of amides is 2. The minimum atomic E-state index is -0.573. The molecule has 22 heavy (non-hydrogen) atoms. The Bertz CT molecular complexity index is 490. The Kier molecular flexibility index (Phi) is 6.25. The average molecular weight is 304 g/mol. The maximum Gasteiger partial charge on any atom is 0.407 e. The van der Waals surface area contributed by atoms with Gasteiger partial charge in [0.1, 0.15) is 13.2 Å². The minimum Gasteiger partial charge on any atom is -0.445 e. The van der Waals surface area contributed by atoms with Crippen molar-refractivity contribution in [3.05, 3.63) is 35.9 Å². The smallest absolute Gasteiger partial charge is 0.407 e. The topological polar surface area (TPSA) is 67.4 Å². The third-order valence-electron chi connectivity index (χ3n) is 4.06. The molecular weight excluding hydrogens is 280 g/mol. The first-order chi connectivity index (χ1) is 10.6. The van der Waals surface area contributed by atoms with E-state index in [0.717, 1.165) is 24.8 Å². The Morgan fingerprint density at radius 1 is 1.18 bits per heavy atom. The standard InChI is InChI=1S/C17H24N2O3/c1-13-7-5-6-10-15(13)19-16(20)11-18-17(21)22-12-14-8-3-2-4-9-14/h2-4,8-9,13,15H,5-7,10-12H2,1H3,(H,18,21)(H,19,20). The molecule has 120 valence electrons. The van der Waals surface area contributed by atoms with Crippen LogP contribution in [0.15, 0.2) is 30.3 Å². The van der Waals surface area contributed by atoms with Gasteiger partial charge in [-0.3, -0.25) is 4.79 Å². The van der Waals surface area contributed by atoms with E-state index >= 15 is 0 Å². The summed E-state index contributed by atoms with van der Waals surface area (Å²) >= 11 is 0. The molecule has 1 aromatic carbocycles. The van der Waals surface area contributed by atoms with Gasteiger partial charge < -0.3 is 15.4 Å². The number of ether oxygens (including phenoxy) is 1. The second-order valence-electron chi connectivity index (χ2n) is 5.85. The molecule has 2 atom stereocenters. The Morgan fingerprint density at radius 2 is 1.91 bits per heavy atom. The van der Waals surface area contributed by atoms with E-state index in [-0.39, 0.29) is 25.1 Å². The summed E-state index contributed by atoms with van der Waals surface area (Å²) in [6, 6.07) is 9.66. The van der Waals surface area contributed by atoms with E-state index in [2.05, 4.69) is 17.6 Å². The zero-order valence-electron chi connectivity index (χ0n) is 13.0. The van der Waals surface area contributed by atoms with Gasteiger partial charge in [0.25, 0.3) is 0 Å². The van der Waals surface area contributed by atoms with Gasteiger partial charge in [-0.25, -0.2) is 4.79 Å². The highest BCUT2D eigenvalue weighted by molar-refractivity contribution is 5.82. The quantitative estimate of drug-likeness (QED) is 0.878. The van der Waals surface area contributed by atoms with E-state index < -0.39 is 6.09 Å². The minimum absolute atomic E-state index is 0.0448. The molecule has 5 heteroatoms. The molecule has 2 amide bonds. The van der Waals surface area contributed by atoms with Crippen LogP contribution >= 0.6 is 0 Å². The summed E-state index contributed by atoms with van der Waals surface area (Å²) in [5.74, 6) is 0.346. The summed E-state index contributed by atoms with van der Waals surface area (Å²) in [6.07, 6.45) is 3.98. The zero-order chi connectivity index (χ0) is 15.8. The van der Waals surface area contributed by atoms with E-state index in [1.54, 1.807) is 0 Å². The number of alkyl carbamates (subject to hydrolysis) is 1. The van der Waals surface area contributed by atoms with E-state index in [1.807, 2.05) is 30.3 Å². The van der Waals surface area contributed by atoms with Gasteiger partial charge >= 0.3 is 6.09 Å². The molecule has 0 saturated heterocycles. The zero-order valence-corrected chi connectivity index (χ0v) is 13.0. The second kappa shape index (κ2) is 8.41. The Labute approximate surface area is 131 Å². The fourth-order valence-electron chi connectivity index (χ4n) is 2.72. The largest absolute Gasteiger partial charge is 0.445 e. The summed E-state index contributed by atoms with van der Waals surface area (Å²) in [6.45, 7) is 2.32. The Hall–Kier alpha value is -2.04. The summed E-state index contributed by atoms with van der Waals surface area (Å²) in [7, 11) is 0. The predicted molar refractivity (Wildman–Crippen MR) is 84.2 cm³/mol. The van der Waals surface area contributed by atoms with Gasteiger partial charge in [-0.05, 0) is 24.3 Å². The molecular formula is C17H24N2O3. The first kappa shape index (κ1) is 16.3. The van der Waals surface area contributed by atoms with Crippen LogP contribution in [-0.4, -0.2) is 24.6 Å². The van der Waals surface area contributed by atoms with Gasteiger partial charge in [-0.15, -0.1) is 0 Å². The molecule has 2 unspecified atom stereocenters. The van der Waals surface area contributed by atoms with Crippen LogP contribution in [0.4, 0.5) is 4.79 Å². The van der Waals surface area contributed by atoms with Crippen molar-refractivity contribution in [2.24, 2.45) is 5.92 Å². The fourth-order valence-corrected chi connectivity index (χ4v) is 2.72. The Balaban J connectivity index is 1.64. The summed E-state index contributed by atoms with van der Waals surface area (Å²) < 4.78 is 5.06. The number of carbonyl (C=O) groups excluding carboxylic acids is 2. The molecule has 0 bridgehead atoms. The molecule has 1 aliphatic rings. The molecule has 2 rings (SSSR count). The molecule has 1 saturated carbocycles. The van der Waals surface area contributed by atoms with Crippen molar-refractivity contribution in [2.45, 2.75) is 45.3 Å². The van der Waals surface area contributed by atoms with Crippen molar-refractivity contribution in [3.8, 4) is 0 Å². The summed E-state index contributed by atoms with van der Waals surface area (Å²) in [5.41, 5.74) is 0.915. The lowest BCUT2D eigenvalue weighted by atomic mass is 9.86. The molecule has 0 aliphatic heterocycles. The third-order valence-corrected chi connectivity index (χ3v) is 4.06. The molecule has 5 nitrogen and oxygen atoms in total. The molecule has 0 radical (unpaired) electrons. The number of hydrogen-bond acceptors (Lipinski definition) is 3. The van der Waals surface area contributed by atoms with Crippen molar-refractivity contribution in [1.29, 1.82) is 0 Å². The average Bonchev–Trinajstić information content (AvgIpc) is 2.54. The lowest BCUT2D eigenvalue weighted by Crippen LogP contribution is -2.45. The maximum absolute atomic E-state index is 11.9. The highest BCUT2D eigenvalue weighted by atomic mass is 16.5. The number of benzene rings is 1. The van der Waals surface area contributed by atoms with E-state index in [4.69, 9.17) is 4.74 Å². The fraction of sp³-hybridized carbons (Fsp3) is 0.529. The highest BCUT2D eigenvalue weighted by Crippen LogP contribution is 2.23. The predicted octanol–water partition coefficient (Wildman–Crippen LogP) is 2.61. The number of nitrogens with one attached hydrogen (secondary N) is 2. The van der Waals surface area contributed by atoms with E-state index in [1.165, 1.54) is 6.42 Å². The normalized spacial score (nSPS) is 21.0. The van der Waals surface area contributed by atoms with Crippen LogP contribution in [0.2, 0.25) is 0 Å². The number of carbonyl (C=O) groups is 2. The molecule has 0 heterocycles. The van der Waals surface area contributed by atoms with Crippen LogP contribution in [0, 0.1) is 5.92 Å². The molecule has 0 spiro atoms. The second-order valence-corrected chi connectivity index (χ2v) is 5.85. The number of hydrogen-bond donors (Lipinski definition) is 2. The van der Waals surface area contributed by atoms with Gasteiger partial charge in [-0.2, -0.15) is 0 Å². The molecule has 1 aromatic rings. The molecule has 0 aromatic heterocycles. The van der Waals surface area contributed by atoms with Crippen LogP contribution in [0.25, 0.3) is 0 Å². The van der Waals surface area contributed by atoms with Crippen LogP contribution in [0.5, 0.6) is 0 Å². The first-order valence-electron chi connectivity index (χ1n) is 7.89. The van der Waals surface area contributed by atoms with Crippen LogP contribution in [-0.2, 0) is 16.1 Å². The first-order valence-corrected chi connectivity index (χ1v) is 7.89. The van der Waals surface area contributed by atoms with Crippen LogP contribution in [0.1, 0.15) is 38.2 Å². The van der Waals surface area contributed by atoms with Gasteiger partial charge in [-0.1, -0.05) is 50.1 Å². The highest BCUT2D eigenvalue weighted by Gasteiger charge is 2.22. The number of rotatable bonds is 5. The SMILES string of the molecule is CC1CCCCC1NC(=O)CNC(=O)OCc1ccccc1. The monoisotopic (exact) mass is 304 g/mol. The van der Waals surface area contributed by atoms with Crippen molar-refractivity contribution >= 4 is 12.0 Å². The van der Waals surface area contributed by atoms with Gasteiger partial charge in [0, 0.05) is 6.04 Å². The van der Waals surface area contributed by atoms with Gasteiger partial charge in [0.2, 0.25) is 5.91 Å².